The van der Waals surface area contributed by atoms with Gasteiger partial charge >= 0.3 is 0 Å². The fraction of sp³-hybridized carbons (Fsp3) is 0.370. The molecule has 0 bridgehead atoms. The van der Waals surface area contributed by atoms with Crippen LogP contribution in [0, 0.1) is 6.92 Å². The summed E-state index contributed by atoms with van der Waals surface area (Å²) in [7, 11) is 0. The van der Waals surface area contributed by atoms with Gasteiger partial charge < -0.3 is 14.5 Å². The molecule has 0 N–H and O–H groups in total. The summed E-state index contributed by atoms with van der Waals surface area (Å²) in [4.78, 5) is 26.3. The first kappa shape index (κ1) is 22.8. The van der Waals surface area contributed by atoms with Gasteiger partial charge in [0.2, 0.25) is 0 Å². The number of nitrogens with zero attached hydrogens (tertiary/aromatic N) is 4. The molecule has 4 rings (SSSR count). The predicted octanol–water partition coefficient (Wildman–Crippen LogP) is 4.69. The molecule has 0 saturated carbocycles. The van der Waals surface area contributed by atoms with E-state index in [1.807, 2.05) is 55.1 Å². The zero-order chi connectivity index (χ0) is 23.4. The average molecular weight is 445 g/mol. The summed E-state index contributed by atoms with van der Waals surface area (Å²) in [5, 5.41) is 0. The molecule has 1 aliphatic rings. The minimum atomic E-state index is -0.521. The number of hydrogen-bond donors (Lipinski definition) is 0. The lowest BCUT2D eigenvalue weighted by molar-refractivity contribution is -0.138. The van der Waals surface area contributed by atoms with Crippen molar-refractivity contribution in [3.05, 3.63) is 72.1 Å². The van der Waals surface area contributed by atoms with E-state index >= 15 is 0 Å². The van der Waals surface area contributed by atoms with Gasteiger partial charge in [-0.2, -0.15) is 0 Å². The van der Waals surface area contributed by atoms with Crippen molar-refractivity contribution in [3.8, 4) is 17.0 Å². The van der Waals surface area contributed by atoms with Crippen LogP contribution in [0.2, 0.25) is 0 Å². The molecule has 1 atom stereocenters. The molecule has 33 heavy (non-hydrogen) atoms. The second-order valence-corrected chi connectivity index (χ2v) is 8.82. The Kier molecular flexibility index (Phi) is 6.92. The van der Waals surface area contributed by atoms with E-state index < -0.39 is 6.10 Å². The number of anilines is 1. The summed E-state index contributed by atoms with van der Waals surface area (Å²) in [6.45, 7) is 10.8. The van der Waals surface area contributed by atoms with Crippen molar-refractivity contribution in [1.82, 2.24) is 14.9 Å². The lowest BCUT2D eigenvalue weighted by Crippen LogP contribution is -2.52. The van der Waals surface area contributed by atoms with E-state index in [0.29, 0.717) is 19.0 Å². The molecule has 1 fully saturated rings. The molecule has 0 radical (unpaired) electrons. The number of ether oxygens (including phenoxy) is 1. The fourth-order valence-corrected chi connectivity index (χ4v) is 4.07. The van der Waals surface area contributed by atoms with E-state index in [9.17, 15) is 4.79 Å². The number of piperazine rings is 1. The van der Waals surface area contributed by atoms with Crippen molar-refractivity contribution in [3.63, 3.8) is 0 Å². The first-order chi connectivity index (χ1) is 15.9. The molecule has 3 aromatic rings. The second-order valence-electron chi connectivity index (χ2n) is 8.82. The maximum absolute atomic E-state index is 13.0. The number of amides is 1. The van der Waals surface area contributed by atoms with E-state index in [-0.39, 0.29) is 5.91 Å². The van der Waals surface area contributed by atoms with Gasteiger partial charge in [-0.25, -0.2) is 9.97 Å². The van der Waals surface area contributed by atoms with Gasteiger partial charge in [-0.3, -0.25) is 4.79 Å². The third-order valence-electron chi connectivity index (χ3n) is 6.02. The molecule has 1 aliphatic heterocycles. The van der Waals surface area contributed by atoms with Crippen LogP contribution < -0.4 is 9.64 Å². The standard InChI is InChI=1S/C27H32N4O2/c1-19(2)22-10-12-24(13-11-22)33-20(3)27(32)31-16-14-30(15-17-31)26-18-25(28-21(4)29-26)23-8-6-5-7-9-23/h5-13,18-20H,14-17H2,1-4H3. The van der Waals surface area contributed by atoms with Crippen LogP contribution in [-0.2, 0) is 4.79 Å². The minimum absolute atomic E-state index is 0.0198. The maximum atomic E-state index is 13.0. The predicted molar refractivity (Wildman–Crippen MR) is 132 cm³/mol. The molecule has 0 spiro atoms. The number of benzene rings is 2. The average Bonchev–Trinajstić information content (AvgIpc) is 2.84. The monoisotopic (exact) mass is 444 g/mol. The topological polar surface area (TPSA) is 58.6 Å². The Hall–Kier alpha value is -3.41. The summed E-state index contributed by atoms with van der Waals surface area (Å²) in [5.41, 5.74) is 3.25. The third-order valence-corrected chi connectivity index (χ3v) is 6.02. The van der Waals surface area contributed by atoms with Crippen molar-refractivity contribution in [2.75, 3.05) is 31.1 Å². The van der Waals surface area contributed by atoms with Crippen molar-refractivity contribution < 1.29 is 9.53 Å². The highest BCUT2D eigenvalue weighted by Gasteiger charge is 2.27. The summed E-state index contributed by atoms with van der Waals surface area (Å²) in [5.74, 6) is 2.87. The Labute approximate surface area is 196 Å². The highest BCUT2D eigenvalue weighted by molar-refractivity contribution is 5.81. The largest absolute Gasteiger partial charge is 0.481 e. The van der Waals surface area contributed by atoms with Gasteiger partial charge in [0.05, 0.1) is 5.69 Å². The molecule has 0 aliphatic carbocycles. The normalized spacial score (nSPS) is 14.9. The summed E-state index contributed by atoms with van der Waals surface area (Å²) < 4.78 is 5.93. The maximum Gasteiger partial charge on any atom is 0.263 e. The molecule has 1 amide bonds. The van der Waals surface area contributed by atoms with Crippen LogP contribution in [0.5, 0.6) is 5.75 Å². The van der Waals surface area contributed by atoms with Crippen molar-refractivity contribution in [2.45, 2.75) is 39.7 Å². The number of rotatable bonds is 6. The van der Waals surface area contributed by atoms with Gasteiger partial charge in [0.1, 0.15) is 17.4 Å². The molecule has 6 heteroatoms. The first-order valence-electron chi connectivity index (χ1n) is 11.6. The minimum Gasteiger partial charge on any atom is -0.481 e. The zero-order valence-corrected chi connectivity index (χ0v) is 19.9. The SMILES string of the molecule is Cc1nc(-c2ccccc2)cc(N2CCN(C(=O)C(C)Oc3ccc(C(C)C)cc3)CC2)n1. The van der Waals surface area contributed by atoms with Gasteiger partial charge in [0.25, 0.3) is 5.91 Å². The Morgan fingerprint density at radius 1 is 0.909 bits per heavy atom. The van der Waals surface area contributed by atoms with Crippen LogP contribution in [0.25, 0.3) is 11.3 Å². The highest BCUT2D eigenvalue weighted by Crippen LogP contribution is 2.23. The van der Waals surface area contributed by atoms with E-state index in [2.05, 4.69) is 53.0 Å². The molecular weight excluding hydrogens is 412 g/mol. The van der Waals surface area contributed by atoms with Crippen LogP contribution in [0.3, 0.4) is 0 Å². The molecule has 2 aromatic carbocycles. The smallest absolute Gasteiger partial charge is 0.263 e. The third kappa shape index (κ3) is 5.51. The van der Waals surface area contributed by atoms with Crippen molar-refractivity contribution >= 4 is 11.7 Å². The van der Waals surface area contributed by atoms with Gasteiger partial charge in [-0.15, -0.1) is 0 Å². The van der Waals surface area contributed by atoms with Crippen molar-refractivity contribution in [2.24, 2.45) is 0 Å². The lowest BCUT2D eigenvalue weighted by Gasteiger charge is -2.36. The number of aromatic nitrogens is 2. The van der Waals surface area contributed by atoms with Crippen LogP contribution in [0.15, 0.2) is 60.7 Å². The molecule has 2 heterocycles. The van der Waals surface area contributed by atoms with Gasteiger partial charge in [-0.1, -0.05) is 56.3 Å². The van der Waals surface area contributed by atoms with Gasteiger partial charge in [0, 0.05) is 37.8 Å². The second kappa shape index (κ2) is 10.0. The zero-order valence-electron chi connectivity index (χ0n) is 19.9. The fourth-order valence-electron chi connectivity index (χ4n) is 4.07. The first-order valence-corrected chi connectivity index (χ1v) is 11.6. The van der Waals surface area contributed by atoms with E-state index in [4.69, 9.17) is 4.74 Å². The number of hydrogen-bond acceptors (Lipinski definition) is 5. The van der Waals surface area contributed by atoms with Gasteiger partial charge in [0.15, 0.2) is 6.10 Å². The molecule has 6 nitrogen and oxygen atoms in total. The Morgan fingerprint density at radius 2 is 1.58 bits per heavy atom. The van der Waals surface area contributed by atoms with Crippen LogP contribution in [0.1, 0.15) is 38.1 Å². The molecule has 172 valence electrons. The molecule has 1 aromatic heterocycles. The Bertz CT molecular complexity index is 1080. The van der Waals surface area contributed by atoms with E-state index in [0.717, 1.165) is 41.7 Å². The lowest BCUT2D eigenvalue weighted by atomic mass is 10.0. The summed E-state index contributed by atoms with van der Waals surface area (Å²) >= 11 is 0. The van der Waals surface area contributed by atoms with E-state index in [1.54, 1.807) is 0 Å². The van der Waals surface area contributed by atoms with E-state index in [1.165, 1.54) is 5.56 Å². The number of carbonyl (C=O) groups is 1. The van der Waals surface area contributed by atoms with Crippen LogP contribution >= 0.6 is 0 Å². The quantitative estimate of drug-likeness (QED) is 0.552. The number of carbonyl (C=O) groups excluding carboxylic acids is 1. The Morgan fingerprint density at radius 3 is 2.21 bits per heavy atom. The van der Waals surface area contributed by atoms with Gasteiger partial charge in [-0.05, 0) is 37.5 Å². The van der Waals surface area contributed by atoms with Crippen molar-refractivity contribution in [1.29, 1.82) is 0 Å². The van der Waals surface area contributed by atoms with Crippen LogP contribution in [-0.4, -0.2) is 53.1 Å². The summed E-state index contributed by atoms with van der Waals surface area (Å²) in [6, 6.07) is 20.2. The Balaban J connectivity index is 1.36. The van der Waals surface area contributed by atoms with Crippen LogP contribution in [0.4, 0.5) is 5.82 Å². The molecule has 1 unspecified atom stereocenters. The molecule has 1 saturated heterocycles. The summed E-state index contributed by atoms with van der Waals surface area (Å²) in [6.07, 6.45) is -0.521. The number of aryl methyl sites for hydroxylation is 1. The highest BCUT2D eigenvalue weighted by atomic mass is 16.5. The molecular formula is C27H32N4O2.